The summed E-state index contributed by atoms with van der Waals surface area (Å²) < 4.78 is 89.2. The number of hydrogen-bond acceptors (Lipinski definition) is 6. The van der Waals surface area contributed by atoms with E-state index in [0.29, 0.717) is 18.7 Å². The Balaban J connectivity index is 1.47. The molecule has 0 fully saturated rings. The number of nitrogens with one attached hydrogen (secondary N) is 3. The topological polar surface area (TPSA) is 91.4 Å². The molecule has 0 saturated heterocycles. The van der Waals surface area contributed by atoms with Crippen molar-refractivity contribution in [3.8, 4) is 22.8 Å². The molecule has 3 aromatic carbocycles. The van der Waals surface area contributed by atoms with E-state index in [1.807, 2.05) is 14.1 Å². The second kappa shape index (κ2) is 14.7. The van der Waals surface area contributed by atoms with Crippen LogP contribution in [0.15, 0.2) is 72.9 Å². The molecule has 2 amide bonds. The predicted molar refractivity (Wildman–Crippen MR) is 164 cm³/mol. The molecule has 0 atom stereocenters. The van der Waals surface area contributed by atoms with E-state index < -0.39 is 35.2 Å². The number of rotatable bonds is 11. The van der Waals surface area contributed by atoms with Crippen LogP contribution in [0.5, 0.6) is 11.6 Å². The van der Waals surface area contributed by atoms with Crippen LogP contribution in [-0.2, 0) is 12.4 Å². The third-order valence-electron chi connectivity index (χ3n) is 6.43. The minimum absolute atomic E-state index is 0.0148. The second-order valence-electron chi connectivity index (χ2n) is 10.3. The predicted octanol–water partition coefficient (Wildman–Crippen LogP) is 9.02. The summed E-state index contributed by atoms with van der Waals surface area (Å²) in [6, 6.07) is 11.8. The molecule has 0 aliphatic rings. The van der Waals surface area contributed by atoms with E-state index in [1.165, 1.54) is 48.7 Å². The summed E-state index contributed by atoms with van der Waals surface area (Å²) in [7, 11) is 3.94. The van der Waals surface area contributed by atoms with Gasteiger partial charge in [0.2, 0.25) is 11.8 Å². The Morgan fingerprint density at radius 1 is 0.891 bits per heavy atom. The molecule has 3 N–H and O–H groups in total. The first-order valence-corrected chi connectivity index (χ1v) is 14.2. The summed E-state index contributed by atoms with van der Waals surface area (Å²) in [6.45, 7) is 1.50. The van der Waals surface area contributed by atoms with Crippen molar-refractivity contribution in [2.75, 3.05) is 43.1 Å². The monoisotopic (exact) mass is 666 g/mol. The number of anilines is 3. The Morgan fingerprint density at radius 3 is 2.35 bits per heavy atom. The van der Waals surface area contributed by atoms with E-state index in [9.17, 15) is 31.1 Å². The number of nitrogens with zero attached hydrogens (tertiary/aromatic N) is 3. The number of benzene rings is 3. The molecule has 0 saturated carbocycles. The van der Waals surface area contributed by atoms with Crippen LogP contribution in [0.1, 0.15) is 24.0 Å². The number of aromatic nitrogens is 2. The van der Waals surface area contributed by atoms with Gasteiger partial charge in [0.25, 0.3) is 0 Å². The van der Waals surface area contributed by atoms with Crippen LogP contribution in [0, 0.1) is 0 Å². The van der Waals surface area contributed by atoms with Crippen molar-refractivity contribution >= 4 is 35.0 Å². The number of alkyl halides is 6. The van der Waals surface area contributed by atoms with Crippen molar-refractivity contribution in [3.05, 3.63) is 89.1 Å². The Bertz CT molecular complexity index is 1670. The number of carbonyl (C=O) groups excluding carboxylic acids is 1. The van der Waals surface area contributed by atoms with Gasteiger partial charge in [-0.15, -0.1) is 0 Å². The van der Waals surface area contributed by atoms with Crippen LogP contribution in [0.2, 0.25) is 5.02 Å². The third kappa shape index (κ3) is 9.72. The number of urea groups is 1. The highest BCUT2D eigenvalue weighted by molar-refractivity contribution is 6.30. The molecule has 244 valence electrons. The van der Waals surface area contributed by atoms with Gasteiger partial charge in [0.15, 0.2) is 0 Å². The fraction of sp³-hybridized carbons (Fsp3) is 0.258. The molecule has 0 spiro atoms. The highest BCUT2D eigenvalue weighted by Gasteiger charge is 2.36. The number of ether oxygens (including phenoxy) is 1. The fourth-order valence-corrected chi connectivity index (χ4v) is 4.53. The zero-order valence-corrected chi connectivity index (χ0v) is 25.3. The van der Waals surface area contributed by atoms with Gasteiger partial charge < -0.3 is 25.6 Å². The molecule has 0 radical (unpaired) electrons. The van der Waals surface area contributed by atoms with Gasteiger partial charge in [-0.2, -0.15) is 31.3 Å². The second-order valence-corrected chi connectivity index (χ2v) is 10.7. The van der Waals surface area contributed by atoms with Crippen LogP contribution in [-0.4, -0.2) is 48.1 Å². The summed E-state index contributed by atoms with van der Waals surface area (Å²) in [6.07, 6.45) is -6.55. The Morgan fingerprint density at radius 2 is 1.65 bits per heavy atom. The maximum atomic E-state index is 14.0. The molecule has 0 aliphatic heterocycles. The van der Waals surface area contributed by atoms with Crippen LogP contribution in [0.25, 0.3) is 11.1 Å². The van der Waals surface area contributed by atoms with Crippen molar-refractivity contribution in [1.29, 1.82) is 0 Å². The van der Waals surface area contributed by atoms with Gasteiger partial charge in [0, 0.05) is 29.5 Å². The molecule has 0 aliphatic carbocycles. The maximum absolute atomic E-state index is 14.0. The average Bonchev–Trinajstić information content (AvgIpc) is 2.97. The fourth-order valence-electron chi connectivity index (χ4n) is 4.34. The lowest BCUT2D eigenvalue weighted by molar-refractivity contribution is -0.137. The van der Waals surface area contributed by atoms with Gasteiger partial charge in [0.05, 0.1) is 16.8 Å². The molecule has 1 aromatic heterocycles. The Kier molecular flexibility index (Phi) is 11.0. The molecule has 0 unspecified atom stereocenters. The number of carbonyl (C=O) groups is 1. The zero-order chi connectivity index (χ0) is 33.5. The Labute approximate surface area is 265 Å². The van der Waals surface area contributed by atoms with E-state index in [1.54, 1.807) is 0 Å². The lowest BCUT2D eigenvalue weighted by Crippen LogP contribution is -2.22. The smallest absolute Gasteiger partial charge is 0.418 e. The van der Waals surface area contributed by atoms with Crippen molar-refractivity contribution in [1.82, 2.24) is 14.9 Å². The first kappa shape index (κ1) is 34.3. The van der Waals surface area contributed by atoms with Gasteiger partial charge in [-0.25, -0.2) is 9.78 Å². The summed E-state index contributed by atoms with van der Waals surface area (Å²) in [4.78, 5) is 22.9. The minimum atomic E-state index is -4.92. The number of halogens is 7. The SMILES string of the molecule is CN(C)CCCCNc1nccc(Oc2ccc(NC(=O)Nc3ccc(-c4cccc(Cl)c4)c(C(F)(F)F)c3)c(C(F)(F)F)c2)n1. The van der Waals surface area contributed by atoms with E-state index in [2.05, 4.69) is 30.8 Å². The molecular formula is C31H29ClF6N6O2. The molecule has 1 heterocycles. The molecule has 8 nitrogen and oxygen atoms in total. The number of amides is 2. The van der Waals surface area contributed by atoms with Crippen LogP contribution in [0.4, 0.5) is 48.5 Å². The van der Waals surface area contributed by atoms with Crippen LogP contribution < -0.4 is 20.7 Å². The molecular weight excluding hydrogens is 638 g/mol. The third-order valence-corrected chi connectivity index (χ3v) is 6.67. The summed E-state index contributed by atoms with van der Waals surface area (Å²) in [5.41, 5.74) is -3.26. The minimum Gasteiger partial charge on any atom is -0.439 e. The first-order chi connectivity index (χ1) is 21.7. The van der Waals surface area contributed by atoms with Gasteiger partial charge >= 0.3 is 18.4 Å². The van der Waals surface area contributed by atoms with Gasteiger partial charge in [0.1, 0.15) is 5.75 Å². The van der Waals surface area contributed by atoms with Gasteiger partial charge in [-0.3, -0.25) is 0 Å². The molecule has 4 rings (SSSR count). The molecule has 46 heavy (non-hydrogen) atoms. The quantitative estimate of drug-likeness (QED) is 0.109. The molecule has 4 aromatic rings. The average molecular weight is 667 g/mol. The highest BCUT2D eigenvalue weighted by atomic mass is 35.5. The number of hydrogen-bond donors (Lipinski definition) is 3. The van der Waals surface area contributed by atoms with E-state index in [0.717, 1.165) is 31.5 Å². The highest BCUT2D eigenvalue weighted by Crippen LogP contribution is 2.40. The lowest BCUT2D eigenvalue weighted by atomic mass is 9.98. The largest absolute Gasteiger partial charge is 0.439 e. The summed E-state index contributed by atoms with van der Waals surface area (Å²) >= 11 is 5.93. The van der Waals surface area contributed by atoms with Crippen molar-refractivity contribution < 1.29 is 35.9 Å². The first-order valence-electron chi connectivity index (χ1n) is 13.8. The van der Waals surface area contributed by atoms with Crippen LogP contribution >= 0.6 is 11.6 Å². The standard InChI is InChI=1S/C31H29ClF6N6O2/c1-44(2)15-4-3-13-39-28-40-14-12-27(43-28)46-22-9-11-26(25(18-22)31(36,37)38)42-29(45)41-21-8-10-23(24(17-21)30(33,34)35)19-6-5-7-20(32)16-19/h5-12,14,16-18H,3-4,13,15H2,1-2H3,(H,39,40,43)(H2,41,42,45). The van der Waals surface area contributed by atoms with Crippen molar-refractivity contribution in [2.45, 2.75) is 25.2 Å². The number of unbranched alkanes of at least 4 members (excludes halogenated alkanes) is 1. The van der Waals surface area contributed by atoms with Crippen LogP contribution in [0.3, 0.4) is 0 Å². The van der Waals surface area contributed by atoms with Crippen molar-refractivity contribution in [2.24, 2.45) is 0 Å². The lowest BCUT2D eigenvalue weighted by Gasteiger charge is -2.17. The maximum Gasteiger partial charge on any atom is 0.418 e. The van der Waals surface area contributed by atoms with E-state index >= 15 is 0 Å². The van der Waals surface area contributed by atoms with Gasteiger partial charge in [-0.05, 0) is 87.1 Å². The Hall–Kier alpha value is -4.56. The summed E-state index contributed by atoms with van der Waals surface area (Å²) in [5.74, 6) is 0.00188. The van der Waals surface area contributed by atoms with E-state index in [-0.39, 0.29) is 39.4 Å². The van der Waals surface area contributed by atoms with Gasteiger partial charge in [-0.1, -0.05) is 29.8 Å². The summed E-state index contributed by atoms with van der Waals surface area (Å²) in [5, 5.41) is 7.48. The molecule has 0 bridgehead atoms. The zero-order valence-electron chi connectivity index (χ0n) is 24.6. The normalized spacial score (nSPS) is 11.8. The van der Waals surface area contributed by atoms with E-state index in [4.69, 9.17) is 16.3 Å². The molecule has 15 heteroatoms. The van der Waals surface area contributed by atoms with Crippen molar-refractivity contribution in [3.63, 3.8) is 0 Å².